The smallest absolute Gasteiger partial charge is 0.246 e. The molecule has 0 heterocycles. The molecule has 0 spiro atoms. The summed E-state index contributed by atoms with van der Waals surface area (Å²) in [4.78, 5) is 16.5. The molecule has 1 unspecified atom stereocenters. The first kappa shape index (κ1) is 22.5. The number of nitrogens with zero attached hydrogens (tertiary/aromatic N) is 1. The summed E-state index contributed by atoms with van der Waals surface area (Å²) in [5.41, 5.74) is 2.53. The van der Waals surface area contributed by atoms with Crippen LogP contribution in [0.2, 0.25) is 0 Å². The second kappa shape index (κ2) is 12.0. The van der Waals surface area contributed by atoms with Crippen molar-refractivity contribution < 1.29 is 4.79 Å². The van der Waals surface area contributed by atoms with Gasteiger partial charge >= 0.3 is 0 Å². The lowest BCUT2D eigenvalue weighted by Gasteiger charge is -2.18. The molecule has 0 saturated carbocycles. The van der Waals surface area contributed by atoms with Gasteiger partial charge in [0.15, 0.2) is 5.96 Å². The van der Waals surface area contributed by atoms with Gasteiger partial charge in [0.1, 0.15) is 6.54 Å². The Balaban J connectivity index is 0.00000364. The van der Waals surface area contributed by atoms with Crippen LogP contribution in [0.1, 0.15) is 31.0 Å². The lowest BCUT2D eigenvalue weighted by molar-refractivity contribution is -0.114. The largest absolute Gasteiger partial charge is 0.357 e. The summed E-state index contributed by atoms with van der Waals surface area (Å²) in [5.74, 6) is 2.93. The van der Waals surface area contributed by atoms with Gasteiger partial charge in [0.25, 0.3) is 0 Å². The second-order valence-electron chi connectivity index (χ2n) is 5.75. The molecule has 0 aliphatic carbocycles. The van der Waals surface area contributed by atoms with Crippen LogP contribution in [0.15, 0.2) is 59.6 Å². The summed E-state index contributed by atoms with van der Waals surface area (Å²) < 4.78 is 0. The number of guanidine groups is 1. The molecule has 0 radical (unpaired) electrons. The summed E-state index contributed by atoms with van der Waals surface area (Å²) in [7, 11) is 0. The lowest BCUT2D eigenvalue weighted by atomic mass is 10.1. The molecule has 3 N–H and O–H groups in total. The summed E-state index contributed by atoms with van der Waals surface area (Å²) in [6.45, 7) is 4.75. The minimum Gasteiger partial charge on any atom is -0.357 e. The third-order valence-electron chi connectivity index (χ3n) is 3.69. The number of nitrogens with one attached hydrogen (secondary N) is 3. The van der Waals surface area contributed by atoms with Gasteiger partial charge in [-0.2, -0.15) is 0 Å². The molecule has 0 aliphatic rings. The average molecular weight is 476 g/mol. The molecule has 2 rings (SSSR count). The van der Waals surface area contributed by atoms with Gasteiger partial charge in [0.2, 0.25) is 5.91 Å². The van der Waals surface area contributed by atoms with Crippen molar-refractivity contribution in [3.8, 4) is 12.3 Å². The van der Waals surface area contributed by atoms with E-state index in [2.05, 4.69) is 26.9 Å². The van der Waals surface area contributed by atoms with E-state index in [-0.39, 0.29) is 42.5 Å². The zero-order chi connectivity index (χ0) is 18.8. The summed E-state index contributed by atoms with van der Waals surface area (Å²) >= 11 is 0. The van der Waals surface area contributed by atoms with Gasteiger partial charge in [-0.1, -0.05) is 42.3 Å². The standard InChI is InChI=1S/C21H24N4O.HI/c1-4-17-10-9-13-19(14-17)25-20(26)15-23-21(22-5-2)24-16(3)18-11-7-6-8-12-18;/h1,6-14,16H,5,15H2,2-3H3,(H,25,26)(H2,22,23,24);1H. The van der Waals surface area contributed by atoms with Gasteiger partial charge in [0.05, 0.1) is 6.04 Å². The highest BCUT2D eigenvalue weighted by Crippen LogP contribution is 2.11. The van der Waals surface area contributed by atoms with Crippen LogP contribution in [-0.2, 0) is 4.79 Å². The summed E-state index contributed by atoms with van der Waals surface area (Å²) in [5, 5.41) is 9.26. The minimum atomic E-state index is -0.205. The highest BCUT2D eigenvalue weighted by molar-refractivity contribution is 14.0. The average Bonchev–Trinajstić information content (AvgIpc) is 2.67. The van der Waals surface area contributed by atoms with Crippen molar-refractivity contribution in [1.82, 2.24) is 10.6 Å². The third-order valence-corrected chi connectivity index (χ3v) is 3.69. The second-order valence-corrected chi connectivity index (χ2v) is 5.75. The fourth-order valence-electron chi connectivity index (χ4n) is 2.39. The van der Waals surface area contributed by atoms with E-state index in [4.69, 9.17) is 6.42 Å². The van der Waals surface area contributed by atoms with Crippen molar-refractivity contribution in [2.45, 2.75) is 19.9 Å². The quantitative estimate of drug-likeness (QED) is 0.259. The van der Waals surface area contributed by atoms with Crippen molar-refractivity contribution >= 4 is 41.5 Å². The number of terminal acetylenes is 1. The molecule has 6 heteroatoms. The van der Waals surface area contributed by atoms with E-state index in [1.807, 2.05) is 50.2 Å². The number of halogens is 1. The molecule has 0 aromatic heterocycles. The molecule has 0 aliphatic heterocycles. The molecule has 2 aromatic carbocycles. The Morgan fingerprint density at radius 1 is 1.19 bits per heavy atom. The molecule has 1 amide bonds. The van der Waals surface area contributed by atoms with Crippen LogP contribution in [0.3, 0.4) is 0 Å². The maximum Gasteiger partial charge on any atom is 0.246 e. The van der Waals surface area contributed by atoms with Gasteiger partial charge in [-0.05, 0) is 37.6 Å². The molecule has 0 fully saturated rings. The Morgan fingerprint density at radius 3 is 2.59 bits per heavy atom. The van der Waals surface area contributed by atoms with Gasteiger partial charge in [-0.3, -0.25) is 4.79 Å². The maximum absolute atomic E-state index is 12.2. The normalized spacial score (nSPS) is 11.5. The molecule has 0 bridgehead atoms. The predicted octanol–water partition coefficient (Wildman–Crippen LogP) is 3.54. The van der Waals surface area contributed by atoms with Gasteiger partial charge < -0.3 is 16.0 Å². The first-order valence-electron chi connectivity index (χ1n) is 8.58. The number of amides is 1. The van der Waals surface area contributed by atoms with Crippen LogP contribution in [0.4, 0.5) is 5.69 Å². The van der Waals surface area contributed by atoms with Gasteiger partial charge in [-0.25, -0.2) is 4.99 Å². The van der Waals surface area contributed by atoms with E-state index in [1.54, 1.807) is 18.2 Å². The number of rotatable bonds is 6. The maximum atomic E-state index is 12.2. The topological polar surface area (TPSA) is 65.5 Å². The number of benzene rings is 2. The van der Waals surface area contributed by atoms with Crippen molar-refractivity contribution in [1.29, 1.82) is 0 Å². The van der Waals surface area contributed by atoms with Crippen molar-refractivity contribution in [3.05, 3.63) is 65.7 Å². The molecular weight excluding hydrogens is 451 g/mol. The van der Waals surface area contributed by atoms with E-state index in [1.165, 1.54) is 0 Å². The molecule has 27 heavy (non-hydrogen) atoms. The van der Waals surface area contributed by atoms with Crippen molar-refractivity contribution in [3.63, 3.8) is 0 Å². The first-order valence-corrected chi connectivity index (χ1v) is 8.58. The summed E-state index contributed by atoms with van der Waals surface area (Å²) in [6.07, 6.45) is 5.37. The lowest BCUT2D eigenvalue weighted by Crippen LogP contribution is -2.39. The highest BCUT2D eigenvalue weighted by atomic mass is 127. The number of hydrogen-bond donors (Lipinski definition) is 3. The van der Waals surface area contributed by atoms with Crippen LogP contribution < -0.4 is 16.0 Å². The van der Waals surface area contributed by atoms with Crippen LogP contribution in [0.5, 0.6) is 0 Å². The van der Waals surface area contributed by atoms with Crippen LogP contribution in [0.25, 0.3) is 0 Å². The molecule has 142 valence electrons. The number of carbonyl (C=O) groups excluding carboxylic acids is 1. The van der Waals surface area contributed by atoms with Crippen LogP contribution in [-0.4, -0.2) is 25.0 Å². The molecule has 5 nitrogen and oxygen atoms in total. The fraction of sp³-hybridized carbons (Fsp3) is 0.238. The Bertz CT molecular complexity index is 799. The van der Waals surface area contributed by atoms with Gasteiger partial charge in [-0.15, -0.1) is 30.4 Å². The predicted molar refractivity (Wildman–Crippen MR) is 122 cm³/mol. The van der Waals surface area contributed by atoms with Crippen molar-refractivity contribution in [2.24, 2.45) is 4.99 Å². The Labute approximate surface area is 178 Å². The highest BCUT2D eigenvalue weighted by Gasteiger charge is 2.08. The minimum absolute atomic E-state index is 0. The fourth-order valence-corrected chi connectivity index (χ4v) is 2.39. The van der Waals surface area contributed by atoms with E-state index in [9.17, 15) is 4.79 Å². The Kier molecular flexibility index (Phi) is 9.98. The van der Waals surface area contributed by atoms with Crippen molar-refractivity contribution in [2.75, 3.05) is 18.4 Å². The van der Waals surface area contributed by atoms with E-state index in [0.717, 1.165) is 11.1 Å². The number of aliphatic imine (C=N–C) groups is 1. The molecule has 2 aromatic rings. The number of anilines is 1. The van der Waals surface area contributed by atoms with E-state index >= 15 is 0 Å². The number of hydrogen-bond acceptors (Lipinski definition) is 2. The first-order chi connectivity index (χ1) is 12.6. The van der Waals surface area contributed by atoms with Crippen LogP contribution in [0, 0.1) is 12.3 Å². The van der Waals surface area contributed by atoms with E-state index in [0.29, 0.717) is 18.2 Å². The Morgan fingerprint density at radius 2 is 1.93 bits per heavy atom. The third kappa shape index (κ3) is 7.71. The van der Waals surface area contributed by atoms with Gasteiger partial charge in [0, 0.05) is 17.8 Å². The Hall–Kier alpha value is -2.53. The number of carbonyl (C=O) groups is 1. The molecular formula is C21H25IN4O. The zero-order valence-electron chi connectivity index (χ0n) is 15.5. The molecule has 1 atom stereocenters. The molecule has 0 saturated heterocycles. The van der Waals surface area contributed by atoms with E-state index < -0.39 is 0 Å². The SMILES string of the molecule is C#Cc1cccc(NC(=O)CN=C(NCC)NC(C)c2ccccc2)c1.I. The monoisotopic (exact) mass is 476 g/mol. The summed E-state index contributed by atoms with van der Waals surface area (Å²) in [6, 6.07) is 17.3. The zero-order valence-corrected chi connectivity index (χ0v) is 17.9. The van der Waals surface area contributed by atoms with Crippen LogP contribution >= 0.6 is 24.0 Å².